The highest BCUT2D eigenvalue weighted by molar-refractivity contribution is 9.10. The van der Waals surface area contributed by atoms with E-state index in [0.717, 1.165) is 15.8 Å². The Kier molecular flexibility index (Phi) is 6.98. The third kappa shape index (κ3) is 4.68. The maximum absolute atomic E-state index is 12.3. The molecular formula is C19H18BrClN4O2S. The van der Waals surface area contributed by atoms with Crippen LogP contribution >= 0.6 is 39.3 Å². The van der Waals surface area contributed by atoms with Gasteiger partial charge < -0.3 is 14.6 Å². The highest BCUT2D eigenvalue weighted by Gasteiger charge is 2.17. The molecule has 0 saturated heterocycles. The molecule has 28 heavy (non-hydrogen) atoms. The van der Waals surface area contributed by atoms with Gasteiger partial charge in [-0.3, -0.25) is 4.79 Å². The van der Waals surface area contributed by atoms with Crippen LogP contribution in [0.25, 0.3) is 11.4 Å². The highest BCUT2D eigenvalue weighted by Crippen LogP contribution is 2.31. The fourth-order valence-electron chi connectivity index (χ4n) is 2.62. The zero-order chi connectivity index (χ0) is 20.1. The molecule has 146 valence electrons. The first-order chi connectivity index (χ1) is 13.5. The first-order valence-electron chi connectivity index (χ1n) is 8.47. The molecule has 2 aromatic carbocycles. The average molecular weight is 482 g/mol. The number of carbonyl (C=O) groups is 1. The van der Waals surface area contributed by atoms with E-state index in [1.807, 2.05) is 41.8 Å². The van der Waals surface area contributed by atoms with Crippen LogP contribution in [0, 0.1) is 0 Å². The van der Waals surface area contributed by atoms with Crippen LogP contribution in [0.4, 0.5) is 5.69 Å². The number of rotatable bonds is 7. The lowest BCUT2D eigenvalue weighted by molar-refractivity contribution is -0.113. The molecule has 1 aromatic heterocycles. The maximum Gasteiger partial charge on any atom is 0.234 e. The zero-order valence-corrected chi connectivity index (χ0v) is 18.4. The Morgan fingerprint density at radius 1 is 1.29 bits per heavy atom. The SMILES string of the molecule is CCn1c(SCC(=O)Nc2ccc(Br)cc2Cl)nnc1-c1ccccc1OC. The fourth-order valence-corrected chi connectivity index (χ4v) is 4.14. The molecule has 0 atom stereocenters. The number of para-hydroxylation sites is 1. The molecule has 6 nitrogen and oxygen atoms in total. The summed E-state index contributed by atoms with van der Waals surface area (Å²) in [5, 5.41) is 12.5. The molecule has 0 radical (unpaired) electrons. The molecule has 1 amide bonds. The van der Waals surface area contributed by atoms with Crippen molar-refractivity contribution in [1.29, 1.82) is 0 Å². The van der Waals surface area contributed by atoms with Crippen LogP contribution in [0.15, 0.2) is 52.1 Å². The molecule has 0 aliphatic rings. The Morgan fingerprint density at radius 3 is 2.79 bits per heavy atom. The van der Waals surface area contributed by atoms with E-state index in [0.29, 0.717) is 28.2 Å². The summed E-state index contributed by atoms with van der Waals surface area (Å²) in [4.78, 5) is 12.3. The summed E-state index contributed by atoms with van der Waals surface area (Å²) < 4.78 is 8.24. The van der Waals surface area contributed by atoms with Crippen LogP contribution in [0.1, 0.15) is 6.92 Å². The number of halogens is 2. The molecule has 0 aliphatic heterocycles. The van der Waals surface area contributed by atoms with Crippen molar-refractivity contribution in [3.8, 4) is 17.1 Å². The highest BCUT2D eigenvalue weighted by atomic mass is 79.9. The minimum Gasteiger partial charge on any atom is -0.496 e. The summed E-state index contributed by atoms with van der Waals surface area (Å²) >= 11 is 10.8. The van der Waals surface area contributed by atoms with Crippen molar-refractivity contribution in [2.45, 2.75) is 18.6 Å². The van der Waals surface area contributed by atoms with Gasteiger partial charge in [-0.05, 0) is 37.3 Å². The lowest BCUT2D eigenvalue weighted by Crippen LogP contribution is -2.15. The number of carbonyl (C=O) groups excluding carboxylic acids is 1. The van der Waals surface area contributed by atoms with Gasteiger partial charge in [0.2, 0.25) is 5.91 Å². The zero-order valence-electron chi connectivity index (χ0n) is 15.3. The second kappa shape index (κ2) is 9.45. The van der Waals surface area contributed by atoms with Crippen molar-refractivity contribution in [1.82, 2.24) is 14.8 Å². The smallest absolute Gasteiger partial charge is 0.234 e. The second-order valence-electron chi connectivity index (χ2n) is 5.71. The molecule has 9 heteroatoms. The Hall–Kier alpha value is -2.03. The number of benzene rings is 2. The quantitative estimate of drug-likeness (QED) is 0.474. The van der Waals surface area contributed by atoms with E-state index in [9.17, 15) is 4.79 Å². The lowest BCUT2D eigenvalue weighted by Gasteiger charge is -2.10. The summed E-state index contributed by atoms with van der Waals surface area (Å²) in [5.74, 6) is 1.46. The van der Waals surface area contributed by atoms with Crippen LogP contribution < -0.4 is 10.1 Å². The Balaban J connectivity index is 1.73. The van der Waals surface area contributed by atoms with Crippen LogP contribution in [0.3, 0.4) is 0 Å². The van der Waals surface area contributed by atoms with E-state index in [4.69, 9.17) is 16.3 Å². The number of nitrogens with one attached hydrogen (secondary N) is 1. The summed E-state index contributed by atoms with van der Waals surface area (Å²) in [6.07, 6.45) is 0. The Morgan fingerprint density at radius 2 is 2.07 bits per heavy atom. The van der Waals surface area contributed by atoms with Gasteiger partial charge in [-0.1, -0.05) is 51.4 Å². The molecule has 1 heterocycles. The number of aromatic nitrogens is 3. The van der Waals surface area contributed by atoms with Crippen molar-refractivity contribution < 1.29 is 9.53 Å². The number of amides is 1. The number of hydrogen-bond acceptors (Lipinski definition) is 5. The van der Waals surface area contributed by atoms with Crippen LogP contribution in [-0.4, -0.2) is 33.5 Å². The molecule has 0 fully saturated rings. The minimum absolute atomic E-state index is 0.168. The molecule has 0 bridgehead atoms. The fraction of sp³-hybridized carbons (Fsp3) is 0.211. The molecular weight excluding hydrogens is 464 g/mol. The molecule has 1 N–H and O–H groups in total. The number of methoxy groups -OCH3 is 1. The van der Waals surface area contributed by atoms with E-state index >= 15 is 0 Å². The van der Waals surface area contributed by atoms with Gasteiger partial charge in [0.1, 0.15) is 5.75 Å². The summed E-state index contributed by atoms with van der Waals surface area (Å²) in [6.45, 7) is 2.68. The first-order valence-corrected chi connectivity index (χ1v) is 10.6. The Bertz CT molecular complexity index is 996. The topological polar surface area (TPSA) is 69.0 Å². The van der Waals surface area contributed by atoms with E-state index in [1.54, 1.807) is 19.2 Å². The Labute approximate surface area is 180 Å². The lowest BCUT2D eigenvalue weighted by atomic mass is 10.2. The number of anilines is 1. The minimum atomic E-state index is -0.168. The predicted molar refractivity (Wildman–Crippen MR) is 116 cm³/mol. The normalized spacial score (nSPS) is 10.7. The number of thioether (sulfide) groups is 1. The van der Waals surface area contributed by atoms with E-state index in [1.165, 1.54) is 11.8 Å². The summed E-state index contributed by atoms with van der Waals surface area (Å²) in [7, 11) is 1.62. The van der Waals surface area contributed by atoms with Gasteiger partial charge in [0.25, 0.3) is 0 Å². The number of ether oxygens (including phenoxy) is 1. The van der Waals surface area contributed by atoms with Crippen LogP contribution in [0.5, 0.6) is 5.75 Å². The monoisotopic (exact) mass is 480 g/mol. The standard InChI is InChI=1S/C19H18BrClN4O2S/c1-3-25-18(13-6-4-5-7-16(13)27-2)23-24-19(25)28-11-17(26)22-15-9-8-12(20)10-14(15)21/h4-10H,3,11H2,1-2H3,(H,22,26). The largest absolute Gasteiger partial charge is 0.496 e. The molecule has 3 aromatic rings. The average Bonchev–Trinajstić information content (AvgIpc) is 3.11. The van der Waals surface area contributed by atoms with Gasteiger partial charge in [0.15, 0.2) is 11.0 Å². The molecule has 0 saturated carbocycles. The summed E-state index contributed by atoms with van der Waals surface area (Å²) in [6, 6.07) is 13.0. The van der Waals surface area contributed by atoms with Gasteiger partial charge in [-0.25, -0.2) is 0 Å². The molecule has 0 aliphatic carbocycles. The van der Waals surface area contributed by atoms with Gasteiger partial charge in [0, 0.05) is 11.0 Å². The number of nitrogens with zero attached hydrogens (tertiary/aromatic N) is 3. The molecule has 3 rings (SSSR count). The van der Waals surface area contributed by atoms with Crippen molar-refractivity contribution in [2.24, 2.45) is 0 Å². The third-order valence-electron chi connectivity index (χ3n) is 3.92. The molecule has 0 unspecified atom stereocenters. The van der Waals surface area contributed by atoms with E-state index < -0.39 is 0 Å². The van der Waals surface area contributed by atoms with Crippen molar-refractivity contribution in [3.63, 3.8) is 0 Å². The predicted octanol–water partition coefficient (Wildman–Crippen LogP) is 5.12. The first kappa shape index (κ1) is 20.7. The van der Waals surface area contributed by atoms with Crippen LogP contribution in [-0.2, 0) is 11.3 Å². The third-order valence-corrected chi connectivity index (χ3v) is 5.69. The van der Waals surface area contributed by atoms with Gasteiger partial charge in [-0.2, -0.15) is 0 Å². The molecule has 0 spiro atoms. The second-order valence-corrected chi connectivity index (χ2v) is 7.98. The van der Waals surface area contributed by atoms with E-state index in [2.05, 4.69) is 31.4 Å². The summed E-state index contributed by atoms with van der Waals surface area (Å²) in [5.41, 5.74) is 1.43. The maximum atomic E-state index is 12.3. The number of hydrogen-bond donors (Lipinski definition) is 1. The van der Waals surface area contributed by atoms with Gasteiger partial charge in [0.05, 0.1) is 29.1 Å². The van der Waals surface area contributed by atoms with Crippen molar-refractivity contribution >= 4 is 50.9 Å². The van der Waals surface area contributed by atoms with E-state index in [-0.39, 0.29) is 11.7 Å². The van der Waals surface area contributed by atoms with Gasteiger partial charge >= 0.3 is 0 Å². The van der Waals surface area contributed by atoms with Crippen molar-refractivity contribution in [3.05, 3.63) is 52.0 Å². The van der Waals surface area contributed by atoms with Crippen LogP contribution in [0.2, 0.25) is 5.02 Å². The van der Waals surface area contributed by atoms with Gasteiger partial charge in [-0.15, -0.1) is 10.2 Å². The van der Waals surface area contributed by atoms with Crippen molar-refractivity contribution in [2.75, 3.05) is 18.2 Å².